The second-order valence-corrected chi connectivity index (χ2v) is 7.49. The molecule has 0 saturated carbocycles. The van der Waals surface area contributed by atoms with Crippen molar-refractivity contribution in [3.8, 4) is 23.0 Å². The number of benzene rings is 2. The summed E-state index contributed by atoms with van der Waals surface area (Å²) in [5, 5.41) is 10.3. The summed E-state index contributed by atoms with van der Waals surface area (Å²) in [5.41, 5.74) is 1.43. The van der Waals surface area contributed by atoms with Crippen LogP contribution in [-0.2, 0) is 5.41 Å². The van der Waals surface area contributed by atoms with E-state index in [2.05, 4.69) is 0 Å². The van der Waals surface area contributed by atoms with Crippen LogP contribution in [0.5, 0.6) is 23.0 Å². The van der Waals surface area contributed by atoms with Crippen LogP contribution in [0.3, 0.4) is 0 Å². The molecule has 0 aromatic heterocycles. The van der Waals surface area contributed by atoms with E-state index in [9.17, 15) is 14.7 Å². The number of aldehydes is 1. The summed E-state index contributed by atoms with van der Waals surface area (Å²) in [6.45, 7) is 5.81. The summed E-state index contributed by atoms with van der Waals surface area (Å²) in [7, 11) is 4.45. The predicted octanol–water partition coefficient (Wildman–Crippen LogP) is 4.42. The summed E-state index contributed by atoms with van der Waals surface area (Å²) in [4.78, 5) is 24.0. The van der Waals surface area contributed by atoms with E-state index in [0.29, 0.717) is 40.2 Å². The minimum Gasteiger partial charge on any atom is -0.507 e. The zero-order valence-electron chi connectivity index (χ0n) is 17.5. The average molecular weight is 398 g/mol. The van der Waals surface area contributed by atoms with E-state index in [-0.39, 0.29) is 22.5 Å². The van der Waals surface area contributed by atoms with Crippen LogP contribution in [0.15, 0.2) is 30.3 Å². The molecule has 0 amide bonds. The maximum absolute atomic E-state index is 12.7. The van der Waals surface area contributed by atoms with Crippen molar-refractivity contribution in [2.45, 2.75) is 26.2 Å². The number of ketones is 1. The summed E-state index contributed by atoms with van der Waals surface area (Å²) >= 11 is 0. The highest BCUT2D eigenvalue weighted by atomic mass is 16.5. The van der Waals surface area contributed by atoms with E-state index in [0.717, 1.165) is 0 Å². The number of carbonyl (C=O) groups is 2. The van der Waals surface area contributed by atoms with Crippen LogP contribution in [0.4, 0.5) is 0 Å². The summed E-state index contributed by atoms with van der Waals surface area (Å²) in [6, 6.07) is 6.45. The van der Waals surface area contributed by atoms with Crippen molar-refractivity contribution in [3.63, 3.8) is 0 Å². The van der Waals surface area contributed by atoms with Gasteiger partial charge < -0.3 is 19.3 Å². The predicted molar refractivity (Wildman–Crippen MR) is 112 cm³/mol. The number of hydrogen-bond donors (Lipinski definition) is 1. The summed E-state index contributed by atoms with van der Waals surface area (Å²) in [6.07, 6.45) is 3.60. The number of hydrogen-bond acceptors (Lipinski definition) is 6. The van der Waals surface area contributed by atoms with Crippen LogP contribution in [-0.4, -0.2) is 38.5 Å². The van der Waals surface area contributed by atoms with Crippen molar-refractivity contribution < 1.29 is 28.9 Å². The monoisotopic (exact) mass is 398 g/mol. The van der Waals surface area contributed by atoms with E-state index in [4.69, 9.17) is 14.2 Å². The molecular formula is C23H26O6. The van der Waals surface area contributed by atoms with E-state index < -0.39 is 0 Å². The smallest absolute Gasteiger partial charge is 0.203 e. The topological polar surface area (TPSA) is 82.1 Å². The Bertz CT molecular complexity index is 926. The molecule has 0 atom stereocenters. The lowest BCUT2D eigenvalue weighted by Crippen LogP contribution is -2.12. The molecule has 2 rings (SSSR count). The zero-order chi connectivity index (χ0) is 21.8. The first kappa shape index (κ1) is 22.0. The molecule has 0 saturated heterocycles. The molecule has 0 aliphatic rings. The maximum atomic E-state index is 12.7. The van der Waals surface area contributed by atoms with Gasteiger partial charge in [-0.3, -0.25) is 9.59 Å². The highest BCUT2D eigenvalue weighted by Gasteiger charge is 2.21. The van der Waals surface area contributed by atoms with Gasteiger partial charge in [0.1, 0.15) is 5.75 Å². The number of carbonyl (C=O) groups excluding carboxylic acids is 2. The van der Waals surface area contributed by atoms with Crippen LogP contribution in [0, 0.1) is 0 Å². The fraction of sp³-hybridized carbons (Fsp3) is 0.304. The SMILES string of the molecule is COc1cc(C(=O)/C=C/c2cc(C=O)c(O)c(C(C)(C)C)c2)cc(OC)c1OC. The van der Waals surface area contributed by atoms with Crippen LogP contribution in [0.2, 0.25) is 0 Å². The Morgan fingerprint density at radius 3 is 2.00 bits per heavy atom. The van der Waals surface area contributed by atoms with E-state index in [1.807, 2.05) is 20.8 Å². The van der Waals surface area contributed by atoms with Gasteiger partial charge in [0, 0.05) is 11.1 Å². The Balaban J connectivity index is 2.45. The third-order valence-electron chi connectivity index (χ3n) is 4.47. The third kappa shape index (κ3) is 4.77. The van der Waals surface area contributed by atoms with Gasteiger partial charge in [0.25, 0.3) is 0 Å². The molecule has 0 spiro atoms. The fourth-order valence-corrected chi connectivity index (χ4v) is 2.93. The second-order valence-electron chi connectivity index (χ2n) is 7.49. The van der Waals surface area contributed by atoms with Crippen molar-refractivity contribution in [1.82, 2.24) is 0 Å². The second kappa shape index (κ2) is 8.82. The Hall–Kier alpha value is -3.28. The Morgan fingerprint density at radius 2 is 1.55 bits per heavy atom. The number of rotatable bonds is 7. The molecule has 0 aliphatic heterocycles. The molecule has 6 nitrogen and oxygen atoms in total. The molecule has 0 radical (unpaired) electrons. The van der Waals surface area contributed by atoms with Gasteiger partial charge in [0.05, 0.1) is 26.9 Å². The lowest BCUT2D eigenvalue weighted by atomic mass is 9.84. The number of ether oxygens (including phenoxy) is 3. The molecule has 0 bridgehead atoms. The average Bonchev–Trinajstić information content (AvgIpc) is 2.70. The molecule has 29 heavy (non-hydrogen) atoms. The lowest BCUT2D eigenvalue weighted by Gasteiger charge is -2.21. The lowest BCUT2D eigenvalue weighted by molar-refractivity contribution is 0.104. The Labute approximate surface area is 170 Å². The normalized spacial score (nSPS) is 11.4. The summed E-state index contributed by atoms with van der Waals surface area (Å²) in [5.74, 6) is 0.848. The first-order chi connectivity index (χ1) is 13.7. The van der Waals surface area contributed by atoms with Crippen molar-refractivity contribution in [2.24, 2.45) is 0 Å². The van der Waals surface area contributed by atoms with Gasteiger partial charge in [-0.05, 0) is 41.3 Å². The van der Waals surface area contributed by atoms with Crippen molar-refractivity contribution in [1.29, 1.82) is 0 Å². The highest BCUT2D eigenvalue weighted by molar-refractivity contribution is 6.07. The van der Waals surface area contributed by atoms with Crippen molar-refractivity contribution in [2.75, 3.05) is 21.3 Å². The van der Waals surface area contributed by atoms with Crippen molar-refractivity contribution >= 4 is 18.1 Å². The molecule has 6 heteroatoms. The van der Waals surface area contributed by atoms with Gasteiger partial charge in [0.2, 0.25) is 5.75 Å². The van der Waals surface area contributed by atoms with E-state index in [1.165, 1.54) is 33.5 Å². The third-order valence-corrected chi connectivity index (χ3v) is 4.47. The first-order valence-corrected chi connectivity index (χ1v) is 9.01. The Kier molecular flexibility index (Phi) is 6.69. The molecular weight excluding hydrogens is 372 g/mol. The minimum atomic E-state index is -0.369. The largest absolute Gasteiger partial charge is 0.507 e. The van der Waals surface area contributed by atoms with E-state index in [1.54, 1.807) is 24.3 Å². The number of methoxy groups -OCH3 is 3. The quantitative estimate of drug-likeness (QED) is 0.422. The van der Waals surface area contributed by atoms with Gasteiger partial charge in [-0.15, -0.1) is 0 Å². The number of phenolic OH excluding ortho intramolecular Hbond substituents is 1. The fourth-order valence-electron chi connectivity index (χ4n) is 2.93. The van der Waals surface area contributed by atoms with Crippen LogP contribution in [0.25, 0.3) is 6.08 Å². The van der Waals surface area contributed by atoms with Crippen LogP contribution >= 0.6 is 0 Å². The van der Waals surface area contributed by atoms with Crippen LogP contribution in [0.1, 0.15) is 52.6 Å². The molecule has 0 fully saturated rings. The van der Waals surface area contributed by atoms with E-state index >= 15 is 0 Å². The van der Waals surface area contributed by atoms with Crippen LogP contribution < -0.4 is 14.2 Å². The van der Waals surface area contributed by atoms with Gasteiger partial charge in [-0.25, -0.2) is 0 Å². The molecule has 0 aliphatic carbocycles. The zero-order valence-corrected chi connectivity index (χ0v) is 17.5. The summed E-state index contributed by atoms with van der Waals surface area (Å²) < 4.78 is 15.8. The van der Waals surface area contributed by atoms with Gasteiger partial charge in [-0.2, -0.15) is 0 Å². The minimum absolute atomic E-state index is 0.0411. The first-order valence-electron chi connectivity index (χ1n) is 9.01. The molecule has 2 aromatic rings. The molecule has 154 valence electrons. The van der Waals surface area contributed by atoms with Crippen molar-refractivity contribution in [3.05, 3.63) is 52.6 Å². The molecule has 0 unspecified atom stereocenters. The van der Waals surface area contributed by atoms with Gasteiger partial charge in [0.15, 0.2) is 23.6 Å². The number of phenols is 1. The number of aromatic hydroxyl groups is 1. The van der Waals surface area contributed by atoms with Gasteiger partial charge >= 0.3 is 0 Å². The van der Waals surface area contributed by atoms with Gasteiger partial charge in [-0.1, -0.05) is 26.8 Å². The standard InChI is InChI=1S/C23H26O6/c1-23(2,3)17-10-14(9-16(13-24)21(17)26)7-8-18(25)15-11-19(27-4)22(29-6)20(12-15)28-5/h7-13,26H,1-6H3/b8-7+. The molecule has 0 heterocycles. The maximum Gasteiger partial charge on any atom is 0.203 e. The number of allylic oxidation sites excluding steroid dienone is 1. The Morgan fingerprint density at radius 1 is 0.966 bits per heavy atom. The molecule has 1 N–H and O–H groups in total. The molecule has 2 aromatic carbocycles. The highest BCUT2D eigenvalue weighted by Crippen LogP contribution is 2.38.